The Bertz CT molecular complexity index is 1090. The minimum atomic E-state index is -1.04. The number of amides is 2. The molecule has 0 radical (unpaired) electrons. The van der Waals surface area contributed by atoms with Crippen molar-refractivity contribution >= 4 is 12.0 Å². The van der Waals surface area contributed by atoms with Crippen LogP contribution < -0.4 is 5.32 Å². The maximum Gasteiger partial charge on any atom is 0.407 e. The van der Waals surface area contributed by atoms with Crippen LogP contribution in [-0.4, -0.2) is 65.8 Å². The van der Waals surface area contributed by atoms with E-state index < -0.39 is 12.0 Å². The number of hydrogen-bond donors (Lipinski definition) is 2. The Kier molecular flexibility index (Phi) is 4.85. The monoisotopic (exact) mass is 423 g/mol. The molecule has 160 valence electrons. The van der Waals surface area contributed by atoms with Gasteiger partial charge >= 0.3 is 17.9 Å². The highest BCUT2D eigenvalue weighted by Crippen LogP contribution is 2.44. The third-order valence-electron chi connectivity index (χ3n) is 5.69. The molecule has 2 N–H and O–H groups in total. The minimum absolute atomic E-state index is 0.137. The first-order valence-electron chi connectivity index (χ1n) is 10.2. The van der Waals surface area contributed by atoms with Gasteiger partial charge in [-0.15, -0.1) is 15.3 Å². The average Bonchev–Trinajstić information content (AvgIpc) is 3.15. The predicted octanol–water partition coefficient (Wildman–Crippen LogP) is 1.76. The average molecular weight is 423 g/mol. The van der Waals surface area contributed by atoms with Crippen LogP contribution in [0, 0.1) is 0 Å². The lowest BCUT2D eigenvalue weighted by Gasteiger charge is -2.20. The quantitative estimate of drug-likeness (QED) is 0.611. The summed E-state index contributed by atoms with van der Waals surface area (Å²) in [6.07, 6.45) is 4.88. The summed E-state index contributed by atoms with van der Waals surface area (Å²) in [5.41, 5.74) is 2.00. The number of carbonyl (C=O) groups excluding carboxylic acids is 1. The van der Waals surface area contributed by atoms with Gasteiger partial charge < -0.3 is 19.7 Å². The van der Waals surface area contributed by atoms with Gasteiger partial charge in [-0.3, -0.25) is 9.48 Å². The SMILES string of the molecule is O=C(N[C@@H]1C[C@@H](Cn2ccnn2)N(C(=O)O)C1)c1nnc(-c2ccccc2C2CC2)o1. The molecule has 2 aliphatic rings. The van der Waals surface area contributed by atoms with Gasteiger partial charge in [-0.05, 0) is 36.8 Å². The number of carbonyl (C=O) groups is 2. The van der Waals surface area contributed by atoms with Crippen LogP contribution in [0.2, 0.25) is 0 Å². The predicted molar refractivity (Wildman–Crippen MR) is 106 cm³/mol. The second-order valence-corrected chi connectivity index (χ2v) is 7.89. The lowest BCUT2D eigenvalue weighted by molar-refractivity contribution is 0.0901. The highest BCUT2D eigenvalue weighted by molar-refractivity contribution is 5.90. The Balaban J connectivity index is 1.27. The van der Waals surface area contributed by atoms with E-state index in [0.717, 1.165) is 24.0 Å². The van der Waals surface area contributed by atoms with Crippen LogP contribution in [0.15, 0.2) is 41.1 Å². The summed E-state index contributed by atoms with van der Waals surface area (Å²) in [6.45, 7) is 0.535. The van der Waals surface area contributed by atoms with E-state index in [-0.39, 0.29) is 24.5 Å². The Morgan fingerprint density at radius 2 is 2.06 bits per heavy atom. The van der Waals surface area contributed by atoms with Crippen LogP contribution in [0.25, 0.3) is 11.5 Å². The zero-order chi connectivity index (χ0) is 21.4. The molecule has 2 fully saturated rings. The molecule has 2 amide bonds. The number of benzene rings is 1. The number of rotatable bonds is 6. The van der Waals surface area contributed by atoms with Crippen LogP contribution in [-0.2, 0) is 6.54 Å². The first kappa shape index (κ1) is 19.2. The number of carboxylic acid groups (broad SMARTS) is 1. The summed E-state index contributed by atoms with van der Waals surface area (Å²) in [7, 11) is 0. The second-order valence-electron chi connectivity index (χ2n) is 7.89. The molecule has 1 saturated heterocycles. The molecule has 11 nitrogen and oxygen atoms in total. The zero-order valence-corrected chi connectivity index (χ0v) is 16.6. The molecule has 0 bridgehead atoms. The van der Waals surface area contributed by atoms with Crippen molar-refractivity contribution in [1.82, 2.24) is 35.4 Å². The molecular weight excluding hydrogens is 402 g/mol. The fourth-order valence-corrected chi connectivity index (χ4v) is 4.09. The van der Waals surface area contributed by atoms with Crippen molar-refractivity contribution in [2.24, 2.45) is 0 Å². The summed E-state index contributed by atoms with van der Waals surface area (Å²) in [5, 5.41) is 27.9. The fraction of sp³-hybridized carbons (Fsp3) is 0.400. The molecule has 2 aromatic heterocycles. The normalized spacial score (nSPS) is 20.7. The van der Waals surface area contributed by atoms with E-state index in [0.29, 0.717) is 24.8 Å². The molecule has 5 rings (SSSR count). The molecule has 0 spiro atoms. The molecule has 1 saturated carbocycles. The lowest BCUT2D eigenvalue weighted by Crippen LogP contribution is -2.39. The molecule has 1 aliphatic carbocycles. The van der Waals surface area contributed by atoms with Crippen molar-refractivity contribution in [3.05, 3.63) is 48.1 Å². The van der Waals surface area contributed by atoms with Gasteiger partial charge in [-0.1, -0.05) is 23.4 Å². The summed E-state index contributed by atoms with van der Waals surface area (Å²) < 4.78 is 7.24. The summed E-state index contributed by atoms with van der Waals surface area (Å²) in [6, 6.07) is 7.15. The molecule has 1 aromatic carbocycles. The summed E-state index contributed by atoms with van der Waals surface area (Å²) >= 11 is 0. The Morgan fingerprint density at radius 1 is 1.23 bits per heavy atom. The molecular formula is C20H21N7O4. The van der Waals surface area contributed by atoms with Crippen LogP contribution in [0.4, 0.5) is 4.79 Å². The molecule has 11 heteroatoms. The third kappa shape index (κ3) is 3.98. The lowest BCUT2D eigenvalue weighted by atomic mass is 10.0. The van der Waals surface area contributed by atoms with Crippen molar-refractivity contribution < 1.29 is 19.1 Å². The molecule has 31 heavy (non-hydrogen) atoms. The van der Waals surface area contributed by atoms with E-state index >= 15 is 0 Å². The standard InChI is InChI=1S/C20H21N7O4/c28-17(19-24-23-18(31-19)16-4-2-1-3-15(16)12-5-6-12)22-13-9-14(27(10-13)20(29)30)11-26-8-7-21-25-26/h1-4,7-8,12-14H,5-6,9-11H2,(H,22,28)(H,29,30)/t13-,14+/m1/s1. The fourth-order valence-electron chi connectivity index (χ4n) is 4.09. The summed E-state index contributed by atoms with van der Waals surface area (Å²) in [5.74, 6) is 0.166. The van der Waals surface area contributed by atoms with Gasteiger partial charge in [-0.2, -0.15) is 0 Å². The number of hydrogen-bond acceptors (Lipinski definition) is 7. The van der Waals surface area contributed by atoms with Crippen LogP contribution >= 0.6 is 0 Å². The van der Waals surface area contributed by atoms with Gasteiger partial charge in [0.25, 0.3) is 0 Å². The van der Waals surface area contributed by atoms with Gasteiger partial charge in [0, 0.05) is 24.3 Å². The van der Waals surface area contributed by atoms with Gasteiger partial charge in [0.2, 0.25) is 5.89 Å². The van der Waals surface area contributed by atoms with Crippen LogP contribution in [0.1, 0.15) is 41.4 Å². The molecule has 3 heterocycles. The van der Waals surface area contributed by atoms with E-state index in [4.69, 9.17) is 4.42 Å². The second kappa shape index (κ2) is 7.82. The van der Waals surface area contributed by atoms with E-state index in [9.17, 15) is 14.7 Å². The number of likely N-dealkylation sites (tertiary alicyclic amines) is 1. The third-order valence-corrected chi connectivity index (χ3v) is 5.69. The van der Waals surface area contributed by atoms with Crippen molar-refractivity contribution in [3.63, 3.8) is 0 Å². The summed E-state index contributed by atoms with van der Waals surface area (Å²) in [4.78, 5) is 25.6. The van der Waals surface area contributed by atoms with Crippen molar-refractivity contribution in [2.75, 3.05) is 6.54 Å². The first-order chi connectivity index (χ1) is 15.1. The van der Waals surface area contributed by atoms with Crippen LogP contribution in [0.3, 0.4) is 0 Å². The van der Waals surface area contributed by atoms with Crippen molar-refractivity contribution in [2.45, 2.75) is 43.8 Å². The van der Waals surface area contributed by atoms with Gasteiger partial charge in [0.15, 0.2) is 0 Å². The van der Waals surface area contributed by atoms with E-state index in [1.54, 1.807) is 10.9 Å². The highest BCUT2D eigenvalue weighted by Gasteiger charge is 2.37. The van der Waals surface area contributed by atoms with E-state index in [1.165, 1.54) is 11.1 Å². The van der Waals surface area contributed by atoms with Crippen molar-refractivity contribution in [3.8, 4) is 11.5 Å². The van der Waals surface area contributed by atoms with Gasteiger partial charge in [0.05, 0.1) is 18.8 Å². The van der Waals surface area contributed by atoms with E-state index in [2.05, 4.69) is 25.8 Å². The number of nitrogens with zero attached hydrogens (tertiary/aromatic N) is 6. The maximum absolute atomic E-state index is 12.7. The Morgan fingerprint density at radius 3 is 2.81 bits per heavy atom. The molecule has 2 atom stereocenters. The minimum Gasteiger partial charge on any atom is -0.465 e. The smallest absolute Gasteiger partial charge is 0.407 e. The maximum atomic E-state index is 12.7. The largest absolute Gasteiger partial charge is 0.465 e. The Hall–Kier alpha value is -3.76. The van der Waals surface area contributed by atoms with Gasteiger partial charge in [0.1, 0.15) is 0 Å². The number of aromatic nitrogens is 5. The highest BCUT2D eigenvalue weighted by atomic mass is 16.4. The Labute approximate surface area is 177 Å². The first-order valence-corrected chi connectivity index (χ1v) is 10.2. The number of nitrogens with one attached hydrogen (secondary N) is 1. The van der Waals surface area contributed by atoms with Crippen LogP contribution in [0.5, 0.6) is 0 Å². The topological polar surface area (TPSA) is 139 Å². The van der Waals surface area contributed by atoms with Gasteiger partial charge in [-0.25, -0.2) is 4.79 Å². The molecule has 0 unspecified atom stereocenters. The van der Waals surface area contributed by atoms with Crippen molar-refractivity contribution in [1.29, 1.82) is 0 Å². The molecule has 1 aliphatic heterocycles. The molecule has 3 aromatic rings. The van der Waals surface area contributed by atoms with E-state index in [1.807, 2.05) is 24.3 Å². The zero-order valence-electron chi connectivity index (χ0n) is 16.6.